The van der Waals surface area contributed by atoms with Crippen molar-refractivity contribution in [3.63, 3.8) is 0 Å². The number of aromatic nitrogens is 1. The van der Waals surface area contributed by atoms with Crippen molar-refractivity contribution in [1.82, 2.24) is 9.47 Å². The van der Waals surface area contributed by atoms with E-state index < -0.39 is 16.1 Å². The lowest BCUT2D eigenvalue weighted by atomic mass is 10.1. The van der Waals surface area contributed by atoms with Gasteiger partial charge in [0.05, 0.1) is 16.4 Å². The van der Waals surface area contributed by atoms with E-state index in [1.807, 2.05) is 44.2 Å². The van der Waals surface area contributed by atoms with Crippen LogP contribution in [-0.2, 0) is 11.3 Å². The normalized spacial score (nSPS) is 15.1. The molecule has 0 unspecified atom stereocenters. The number of nitrogens with zero attached hydrogens (tertiary/aromatic N) is 3. The Morgan fingerprint density at radius 3 is 2.47 bits per heavy atom. The zero-order valence-corrected chi connectivity index (χ0v) is 19.6. The maximum atomic E-state index is 13.0. The highest BCUT2D eigenvalue weighted by atomic mass is 79.9. The molecule has 3 aromatic rings. The number of benzene rings is 2. The minimum absolute atomic E-state index is 0.117. The van der Waals surface area contributed by atoms with E-state index in [-0.39, 0.29) is 12.2 Å². The second-order valence-electron chi connectivity index (χ2n) is 7.29. The number of thioether (sulfide) groups is 1. The summed E-state index contributed by atoms with van der Waals surface area (Å²) in [5, 5.41) is 10.8. The van der Waals surface area contributed by atoms with E-state index >= 15 is 0 Å². The van der Waals surface area contributed by atoms with Crippen molar-refractivity contribution in [2.45, 2.75) is 20.4 Å². The zero-order valence-electron chi connectivity index (χ0n) is 17.2. The molecule has 0 bridgehead atoms. The fourth-order valence-corrected chi connectivity index (χ4v) is 4.79. The van der Waals surface area contributed by atoms with Crippen molar-refractivity contribution in [2.24, 2.45) is 0 Å². The van der Waals surface area contributed by atoms with Gasteiger partial charge >= 0.3 is 0 Å². The molecule has 32 heavy (non-hydrogen) atoms. The second-order valence-corrected chi connectivity index (χ2v) is 9.20. The van der Waals surface area contributed by atoms with Gasteiger partial charge in [-0.2, -0.15) is 0 Å². The molecule has 0 saturated carbocycles. The van der Waals surface area contributed by atoms with Crippen LogP contribution in [0, 0.1) is 24.0 Å². The van der Waals surface area contributed by atoms with Crippen LogP contribution in [0.2, 0.25) is 0 Å². The van der Waals surface area contributed by atoms with Gasteiger partial charge in [0, 0.05) is 33.2 Å². The molecule has 0 spiro atoms. The van der Waals surface area contributed by atoms with Crippen molar-refractivity contribution >= 4 is 50.6 Å². The standard InChI is InChI=1S/C23H18BrN3O4S/c1-14-11-17(15(2)26(14)19-9-7-18(24)8-10-19)12-21-22(28)25(23(29)32-21)13-16-5-3-4-6-20(16)27(30)31/h3-12H,13H2,1-2H3/b21-12-. The molecule has 9 heteroatoms. The summed E-state index contributed by atoms with van der Waals surface area (Å²) in [4.78, 5) is 37.6. The number of nitro groups is 1. The minimum atomic E-state index is -0.513. The summed E-state index contributed by atoms with van der Waals surface area (Å²) < 4.78 is 3.06. The largest absolute Gasteiger partial charge is 0.318 e. The van der Waals surface area contributed by atoms with E-state index in [1.54, 1.807) is 24.3 Å². The molecular formula is C23H18BrN3O4S. The van der Waals surface area contributed by atoms with Crippen LogP contribution >= 0.6 is 27.7 Å². The Kier molecular flexibility index (Phi) is 6.03. The molecule has 162 valence electrons. The monoisotopic (exact) mass is 511 g/mol. The van der Waals surface area contributed by atoms with Crippen molar-refractivity contribution < 1.29 is 14.5 Å². The number of rotatable bonds is 5. The summed E-state index contributed by atoms with van der Waals surface area (Å²) in [5.41, 5.74) is 3.96. The van der Waals surface area contributed by atoms with E-state index in [4.69, 9.17) is 0 Å². The summed E-state index contributed by atoms with van der Waals surface area (Å²) >= 11 is 4.28. The van der Waals surface area contributed by atoms with Gasteiger partial charge in [0.25, 0.3) is 16.8 Å². The molecule has 0 radical (unpaired) electrons. The van der Waals surface area contributed by atoms with Crippen LogP contribution < -0.4 is 0 Å². The molecule has 1 aromatic heterocycles. The zero-order chi connectivity index (χ0) is 23.0. The van der Waals surface area contributed by atoms with Gasteiger partial charge in [-0.1, -0.05) is 34.1 Å². The lowest BCUT2D eigenvalue weighted by Gasteiger charge is -2.12. The molecule has 7 nitrogen and oxygen atoms in total. The Bertz CT molecular complexity index is 1280. The Morgan fingerprint density at radius 2 is 1.78 bits per heavy atom. The number of hydrogen-bond acceptors (Lipinski definition) is 5. The quantitative estimate of drug-likeness (QED) is 0.238. The molecule has 1 aliphatic heterocycles. The van der Waals surface area contributed by atoms with Crippen LogP contribution in [-0.4, -0.2) is 25.5 Å². The molecule has 1 fully saturated rings. The predicted molar refractivity (Wildman–Crippen MR) is 128 cm³/mol. The number of imide groups is 1. The van der Waals surface area contributed by atoms with Crippen molar-refractivity contribution in [1.29, 1.82) is 0 Å². The molecule has 0 N–H and O–H groups in total. The third-order valence-electron chi connectivity index (χ3n) is 5.23. The molecule has 2 heterocycles. The molecule has 1 aliphatic rings. The number of carbonyl (C=O) groups is 2. The third-order valence-corrected chi connectivity index (χ3v) is 6.67. The third kappa shape index (κ3) is 4.13. The first-order valence-electron chi connectivity index (χ1n) is 9.69. The highest BCUT2D eigenvalue weighted by Crippen LogP contribution is 2.35. The first-order valence-corrected chi connectivity index (χ1v) is 11.3. The Morgan fingerprint density at radius 1 is 1.09 bits per heavy atom. The van der Waals surface area contributed by atoms with E-state index in [9.17, 15) is 19.7 Å². The van der Waals surface area contributed by atoms with Gasteiger partial charge < -0.3 is 4.57 Å². The Labute approximate surface area is 197 Å². The smallest absolute Gasteiger partial charge is 0.293 e. The molecule has 0 aliphatic carbocycles. The molecule has 1 saturated heterocycles. The van der Waals surface area contributed by atoms with Crippen LogP contribution in [0.25, 0.3) is 11.8 Å². The van der Waals surface area contributed by atoms with E-state index in [0.29, 0.717) is 10.5 Å². The summed E-state index contributed by atoms with van der Waals surface area (Å²) in [6.45, 7) is 3.79. The molecule has 0 atom stereocenters. The maximum absolute atomic E-state index is 13.0. The number of halogens is 1. The van der Waals surface area contributed by atoms with Crippen molar-refractivity contribution in [2.75, 3.05) is 0 Å². The van der Waals surface area contributed by atoms with Crippen molar-refractivity contribution in [3.8, 4) is 5.69 Å². The van der Waals surface area contributed by atoms with Gasteiger partial charge in [0.1, 0.15) is 0 Å². The van der Waals surface area contributed by atoms with Crippen LogP contribution in [0.3, 0.4) is 0 Å². The second kappa shape index (κ2) is 8.76. The van der Waals surface area contributed by atoms with Crippen LogP contribution in [0.5, 0.6) is 0 Å². The molecule has 2 amide bonds. The number of nitro benzene ring substituents is 1. The van der Waals surface area contributed by atoms with E-state index in [2.05, 4.69) is 20.5 Å². The van der Waals surface area contributed by atoms with Gasteiger partial charge in [-0.3, -0.25) is 24.6 Å². The highest BCUT2D eigenvalue weighted by Gasteiger charge is 2.36. The summed E-state index contributed by atoms with van der Waals surface area (Å²) in [7, 11) is 0. The summed E-state index contributed by atoms with van der Waals surface area (Å²) in [5.74, 6) is -0.452. The van der Waals surface area contributed by atoms with E-state index in [0.717, 1.165) is 43.8 Å². The van der Waals surface area contributed by atoms with Gasteiger partial charge in [0.2, 0.25) is 0 Å². The minimum Gasteiger partial charge on any atom is -0.318 e. The molecular weight excluding hydrogens is 494 g/mol. The highest BCUT2D eigenvalue weighted by molar-refractivity contribution is 9.10. The number of aryl methyl sites for hydroxylation is 1. The SMILES string of the molecule is Cc1cc(/C=C2\SC(=O)N(Cc3ccccc3[N+](=O)[O-])C2=O)c(C)n1-c1ccc(Br)cc1. The summed E-state index contributed by atoms with van der Waals surface area (Å²) in [6.07, 6.45) is 1.71. The van der Waals surface area contributed by atoms with Crippen LogP contribution in [0.4, 0.5) is 10.5 Å². The number of para-hydroxylation sites is 1. The predicted octanol–water partition coefficient (Wildman–Crippen LogP) is 6.00. The Hall–Kier alpha value is -3.17. The number of carbonyl (C=O) groups excluding carboxylic acids is 2. The fourth-order valence-electron chi connectivity index (χ4n) is 3.69. The number of hydrogen-bond donors (Lipinski definition) is 0. The first kappa shape index (κ1) is 22.0. The lowest BCUT2D eigenvalue weighted by molar-refractivity contribution is -0.385. The van der Waals surface area contributed by atoms with E-state index in [1.165, 1.54) is 6.07 Å². The van der Waals surface area contributed by atoms with Crippen molar-refractivity contribution in [3.05, 3.63) is 96.6 Å². The van der Waals surface area contributed by atoms with Gasteiger partial charge in [-0.05, 0) is 67.6 Å². The average Bonchev–Trinajstić information content (AvgIpc) is 3.18. The fraction of sp³-hybridized carbons (Fsp3) is 0.130. The topological polar surface area (TPSA) is 85.5 Å². The summed E-state index contributed by atoms with van der Waals surface area (Å²) in [6, 6.07) is 16.0. The van der Waals surface area contributed by atoms with Crippen LogP contribution in [0.15, 0.2) is 64.0 Å². The van der Waals surface area contributed by atoms with Gasteiger partial charge in [-0.25, -0.2) is 0 Å². The average molecular weight is 512 g/mol. The van der Waals surface area contributed by atoms with Crippen LogP contribution in [0.1, 0.15) is 22.5 Å². The van der Waals surface area contributed by atoms with Gasteiger partial charge in [0.15, 0.2) is 0 Å². The first-order chi connectivity index (χ1) is 15.3. The number of amides is 2. The molecule has 2 aromatic carbocycles. The Balaban J connectivity index is 1.63. The molecule has 4 rings (SSSR count). The maximum Gasteiger partial charge on any atom is 0.293 e. The lowest BCUT2D eigenvalue weighted by Crippen LogP contribution is -2.27. The van der Waals surface area contributed by atoms with Gasteiger partial charge in [-0.15, -0.1) is 0 Å².